The van der Waals surface area contributed by atoms with Crippen LogP contribution >= 0.6 is 15.9 Å². The van der Waals surface area contributed by atoms with Gasteiger partial charge in [-0.2, -0.15) is 0 Å². The maximum absolute atomic E-state index is 5.38. The van der Waals surface area contributed by atoms with E-state index in [0.717, 1.165) is 15.9 Å². The standard InChI is InChI=1S/C10H11BrN4O2/c1-16-6-2-3-7(11)8(4-6)13-10-15-14-9(5-12)17-10/h2-4H,5,12H2,1H3,(H,13,15). The van der Waals surface area contributed by atoms with Crippen LogP contribution in [-0.2, 0) is 6.54 Å². The van der Waals surface area contributed by atoms with Gasteiger partial charge >= 0.3 is 6.01 Å². The van der Waals surface area contributed by atoms with Gasteiger partial charge in [0.2, 0.25) is 5.89 Å². The second-order valence-electron chi connectivity index (χ2n) is 3.18. The molecule has 0 atom stereocenters. The number of nitrogens with zero attached hydrogens (tertiary/aromatic N) is 2. The van der Waals surface area contributed by atoms with Crippen LogP contribution in [0.25, 0.3) is 0 Å². The molecule has 0 bridgehead atoms. The molecular formula is C10H11BrN4O2. The SMILES string of the molecule is COc1ccc(Br)c(Nc2nnc(CN)o2)c1. The molecule has 0 spiro atoms. The normalized spacial score (nSPS) is 10.3. The Hall–Kier alpha value is -1.60. The van der Waals surface area contributed by atoms with Crippen LogP contribution in [0.3, 0.4) is 0 Å². The van der Waals surface area contributed by atoms with Gasteiger partial charge in [-0.1, -0.05) is 5.10 Å². The van der Waals surface area contributed by atoms with Crippen LogP contribution in [0.15, 0.2) is 27.1 Å². The Kier molecular flexibility index (Phi) is 3.60. The molecule has 0 fully saturated rings. The zero-order valence-corrected chi connectivity index (χ0v) is 10.7. The molecule has 6 nitrogen and oxygen atoms in total. The second-order valence-corrected chi connectivity index (χ2v) is 4.03. The monoisotopic (exact) mass is 298 g/mol. The van der Waals surface area contributed by atoms with E-state index in [4.69, 9.17) is 14.9 Å². The molecule has 0 aliphatic heterocycles. The van der Waals surface area contributed by atoms with Crippen molar-refractivity contribution < 1.29 is 9.15 Å². The lowest BCUT2D eigenvalue weighted by Crippen LogP contribution is -1.95. The molecule has 0 radical (unpaired) electrons. The lowest BCUT2D eigenvalue weighted by Gasteiger charge is -2.06. The van der Waals surface area contributed by atoms with Crippen LogP contribution in [-0.4, -0.2) is 17.3 Å². The third-order valence-corrected chi connectivity index (χ3v) is 2.75. The van der Waals surface area contributed by atoms with Crippen LogP contribution < -0.4 is 15.8 Å². The average Bonchev–Trinajstić information content (AvgIpc) is 2.80. The average molecular weight is 299 g/mol. The fourth-order valence-electron chi connectivity index (χ4n) is 1.23. The van der Waals surface area contributed by atoms with E-state index < -0.39 is 0 Å². The fourth-order valence-corrected chi connectivity index (χ4v) is 1.57. The van der Waals surface area contributed by atoms with E-state index in [0.29, 0.717) is 11.9 Å². The highest BCUT2D eigenvalue weighted by molar-refractivity contribution is 9.10. The third kappa shape index (κ3) is 2.75. The van der Waals surface area contributed by atoms with Gasteiger partial charge in [0.15, 0.2) is 0 Å². The molecule has 0 amide bonds. The molecule has 0 saturated carbocycles. The van der Waals surface area contributed by atoms with Crippen molar-refractivity contribution >= 4 is 27.6 Å². The van der Waals surface area contributed by atoms with E-state index in [1.54, 1.807) is 7.11 Å². The van der Waals surface area contributed by atoms with E-state index in [2.05, 4.69) is 31.4 Å². The number of anilines is 2. The summed E-state index contributed by atoms with van der Waals surface area (Å²) in [7, 11) is 1.60. The maximum atomic E-state index is 5.38. The number of hydrogen-bond acceptors (Lipinski definition) is 6. The smallest absolute Gasteiger partial charge is 0.320 e. The van der Waals surface area contributed by atoms with Crippen LogP contribution in [0.2, 0.25) is 0 Å². The van der Waals surface area contributed by atoms with Gasteiger partial charge in [-0.15, -0.1) is 5.10 Å². The first-order valence-corrected chi connectivity index (χ1v) is 5.65. The molecule has 0 aliphatic carbocycles. The van der Waals surface area contributed by atoms with Crippen LogP contribution in [0.1, 0.15) is 5.89 Å². The number of methoxy groups -OCH3 is 1. The summed E-state index contributed by atoms with van der Waals surface area (Å²) >= 11 is 3.41. The zero-order chi connectivity index (χ0) is 12.3. The summed E-state index contributed by atoms with van der Waals surface area (Å²) in [5, 5.41) is 10.5. The second kappa shape index (κ2) is 5.15. The number of rotatable bonds is 4. The van der Waals surface area contributed by atoms with E-state index >= 15 is 0 Å². The first-order valence-electron chi connectivity index (χ1n) is 4.86. The Morgan fingerprint density at radius 3 is 2.94 bits per heavy atom. The Bertz CT molecular complexity index is 515. The summed E-state index contributed by atoms with van der Waals surface area (Å²) in [5.74, 6) is 1.11. The molecule has 0 saturated heterocycles. The quantitative estimate of drug-likeness (QED) is 0.898. The van der Waals surface area contributed by atoms with Gasteiger partial charge in [-0.3, -0.25) is 0 Å². The highest BCUT2D eigenvalue weighted by atomic mass is 79.9. The molecule has 1 aromatic heterocycles. The molecule has 2 rings (SSSR count). The Labute approximate surface area is 106 Å². The molecule has 0 aliphatic rings. The van der Waals surface area contributed by atoms with E-state index in [1.165, 1.54) is 0 Å². The molecule has 17 heavy (non-hydrogen) atoms. The topological polar surface area (TPSA) is 86.2 Å². The third-order valence-electron chi connectivity index (χ3n) is 2.06. The minimum atomic E-state index is 0.216. The molecule has 2 aromatic rings. The van der Waals surface area contributed by atoms with E-state index in [9.17, 15) is 0 Å². The summed E-state index contributed by atoms with van der Waals surface area (Å²) in [6.07, 6.45) is 0. The number of aromatic nitrogens is 2. The van der Waals surface area contributed by atoms with Crippen LogP contribution in [0, 0.1) is 0 Å². The molecule has 1 aromatic carbocycles. The number of nitrogens with one attached hydrogen (secondary N) is 1. The van der Waals surface area contributed by atoms with Crippen molar-refractivity contribution in [2.24, 2.45) is 5.73 Å². The van der Waals surface area contributed by atoms with Crippen molar-refractivity contribution in [3.05, 3.63) is 28.6 Å². The Morgan fingerprint density at radius 2 is 2.29 bits per heavy atom. The van der Waals surface area contributed by atoms with Crippen molar-refractivity contribution in [3.63, 3.8) is 0 Å². The van der Waals surface area contributed by atoms with E-state index in [1.807, 2.05) is 18.2 Å². The molecule has 7 heteroatoms. The number of nitrogens with two attached hydrogens (primary N) is 1. The highest BCUT2D eigenvalue weighted by Gasteiger charge is 2.07. The van der Waals surface area contributed by atoms with Crippen molar-refractivity contribution in [3.8, 4) is 5.75 Å². The van der Waals surface area contributed by atoms with Gasteiger partial charge in [0.25, 0.3) is 0 Å². The lowest BCUT2D eigenvalue weighted by molar-refractivity contribution is 0.415. The van der Waals surface area contributed by atoms with Gasteiger partial charge in [-0.05, 0) is 28.1 Å². The molecule has 90 valence electrons. The number of hydrogen-bond donors (Lipinski definition) is 2. The minimum Gasteiger partial charge on any atom is -0.497 e. The first kappa shape index (κ1) is 11.9. The summed E-state index contributed by atoms with van der Waals surface area (Å²) in [6, 6.07) is 5.81. The Balaban J connectivity index is 2.22. The van der Waals surface area contributed by atoms with Gasteiger partial charge in [0, 0.05) is 10.5 Å². The Morgan fingerprint density at radius 1 is 1.47 bits per heavy atom. The predicted octanol–water partition coefficient (Wildman–Crippen LogP) is 2.04. The highest BCUT2D eigenvalue weighted by Crippen LogP contribution is 2.29. The predicted molar refractivity (Wildman–Crippen MR) is 66.2 cm³/mol. The maximum Gasteiger partial charge on any atom is 0.320 e. The first-order chi connectivity index (χ1) is 8.22. The molecule has 0 unspecified atom stereocenters. The number of halogens is 1. The van der Waals surface area contributed by atoms with Crippen molar-refractivity contribution in [1.29, 1.82) is 0 Å². The van der Waals surface area contributed by atoms with Gasteiger partial charge in [0.05, 0.1) is 19.3 Å². The van der Waals surface area contributed by atoms with Crippen LogP contribution in [0.5, 0.6) is 5.75 Å². The summed E-state index contributed by atoms with van der Waals surface area (Å²) in [4.78, 5) is 0. The van der Waals surface area contributed by atoms with E-state index in [-0.39, 0.29) is 6.54 Å². The van der Waals surface area contributed by atoms with Gasteiger partial charge in [-0.25, -0.2) is 0 Å². The van der Waals surface area contributed by atoms with Crippen LogP contribution in [0.4, 0.5) is 11.7 Å². The fraction of sp³-hybridized carbons (Fsp3) is 0.200. The molecule has 1 heterocycles. The lowest BCUT2D eigenvalue weighted by atomic mass is 10.3. The van der Waals surface area contributed by atoms with Gasteiger partial charge in [0.1, 0.15) is 5.75 Å². The summed E-state index contributed by atoms with van der Waals surface area (Å²) in [6.45, 7) is 0.216. The van der Waals surface area contributed by atoms with Gasteiger partial charge < -0.3 is 20.2 Å². The molecule has 3 N–H and O–H groups in total. The number of ether oxygens (including phenoxy) is 1. The largest absolute Gasteiger partial charge is 0.497 e. The zero-order valence-electron chi connectivity index (χ0n) is 9.11. The number of benzene rings is 1. The summed E-state index contributed by atoms with van der Waals surface area (Å²) < 4.78 is 11.2. The van der Waals surface area contributed by atoms with Crippen molar-refractivity contribution in [1.82, 2.24) is 10.2 Å². The van der Waals surface area contributed by atoms with Crippen molar-refractivity contribution in [2.75, 3.05) is 12.4 Å². The van der Waals surface area contributed by atoms with Crippen molar-refractivity contribution in [2.45, 2.75) is 6.54 Å². The summed E-state index contributed by atoms with van der Waals surface area (Å²) in [5.41, 5.74) is 6.15. The molecular weight excluding hydrogens is 288 g/mol. The minimum absolute atomic E-state index is 0.216.